The van der Waals surface area contributed by atoms with Gasteiger partial charge in [0, 0.05) is 0 Å². The standard InChI is InChI=1S/C21H18O3/c1-23-18-11-8-16(9-12-18)19-13-10-17(21(22)24-2)14-20(19)15-6-4-3-5-7-15/h3-14H,1-2H3. The normalized spacial score (nSPS) is 10.2. The molecule has 0 bridgehead atoms. The highest BCUT2D eigenvalue weighted by Gasteiger charge is 2.12. The number of hydrogen-bond donors (Lipinski definition) is 0. The first kappa shape index (κ1) is 15.8. The van der Waals surface area contributed by atoms with E-state index >= 15 is 0 Å². The minimum Gasteiger partial charge on any atom is -0.497 e. The zero-order valence-electron chi connectivity index (χ0n) is 13.7. The number of ether oxygens (including phenoxy) is 2. The van der Waals surface area contributed by atoms with Crippen molar-refractivity contribution in [3.63, 3.8) is 0 Å². The molecule has 0 aromatic heterocycles. The third kappa shape index (κ3) is 3.15. The summed E-state index contributed by atoms with van der Waals surface area (Å²) in [6.07, 6.45) is 0. The fraction of sp³-hybridized carbons (Fsp3) is 0.0952. The molecule has 0 radical (unpaired) electrons. The molecule has 0 N–H and O–H groups in total. The molecule has 0 heterocycles. The summed E-state index contributed by atoms with van der Waals surface area (Å²) >= 11 is 0. The Bertz CT molecular complexity index is 837. The van der Waals surface area contributed by atoms with Crippen LogP contribution >= 0.6 is 0 Å². The van der Waals surface area contributed by atoms with Crippen molar-refractivity contribution >= 4 is 5.97 Å². The lowest BCUT2D eigenvalue weighted by Crippen LogP contribution is -2.01. The first-order valence-electron chi connectivity index (χ1n) is 7.65. The molecule has 3 nitrogen and oxygen atoms in total. The third-order valence-corrected chi connectivity index (χ3v) is 3.93. The molecule has 3 aromatic carbocycles. The average Bonchev–Trinajstić information content (AvgIpc) is 2.67. The van der Waals surface area contributed by atoms with Crippen molar-refractivity contribution in [2.45, 2.75) is 0 Å². The molecule has 0 amide bonds. The minimum absolute atomic E-state index is 0.339. The molecule has 24 heavy (non-hydrogen) atoms. The van der Waals surface area contributed by atoms with Crippen molar-refractivity contribution in [2.75, 3.05) is 14.2 Å². The van der Waals surface area contributed by atoms with E-state index < -0.39 is 0 Å². The fourth-order valence-electron chi connectivity index (χ4n) is 2.67. The van der Waals surface area contributed by atoms with Crippen LogP contribution < -0.4 is 4.74 Å². The fourth-order valence-corrected chi connectivity index (χ4v) is 2.67. The van der Waals surface area contributed by atoms with Gasteiger partial charge in [-0.15, -0.1) is 0 Å². The Morgan fingerprint density at radius 2 is 1.42 bits per heavy atom. The summed E-state index contributed by atoms with van der Waals surface area (Å²) < 4.78 is 10.1. The second-order valence-corrected chi connectivity index (χ2v) is 5.35. The largest absolute Gasteiger partial charge is 0.497 e. The molecule has 0 aliphatic heterocycles. The van der Waals surface area contributed by atoms with Gasteiger partial charge in [-0.1, -0.05) is 48.5 Å². The van der Waals surface area contributed by atoms with E-state index in [2.05, 4.69) is 0 Å². The topological polar surface area (TPSA) is 35.5 Å². The molecule has 120 valence electrons. The van der Waals surface area contributed by atoms with Crippen LogP contribution in [0.15, 0.2) is 72.8 Å². The maximum Gasteiger partial charge on any atom is 0.337 e. The monoisotopic (exact) mass is 318 g/mol. The maximum absolute atomic E-state index is 11.9. The summed E-state index contributed by atoms with van der Waals surface area (Å²) in [5.74, 6) is 0.472. The van der Waals surface area contributed by atoms with Gasteiger partial charge in [0.1, 0.15) is 5.75 Å². The van der Waals surface area contributed by atoms with Crippen LogP contribution in [-0.4, -0.2) is 20.2 Å². The Morgan fingerprint density at radius 3 is 2.04 bits per heavy atom. The second-order valence-electron chi connectivity index (χ2n) is 5.35. The molecule has 3 aromatic rings. The van der Waals surface area contributed by atoms with Gasteiger partial charge in [-0.3, -0.25) is 0 Å². The summed E-state index contributed by atoms with van der Waals surface area (Å²) in [4.78, 5) is 11.9. The highest BCUT2D eigenvalue weighted by atomic mass is 16.5. The van der Waals surface area contributed by atoms with E-state index in [1.165, 1.54) is 7.11 Å². The highest BCUT2D eigenvalue weighted by molar-refractivity contribution is 5.94. The van der Waals surface area contributed by atoms with Gasteiger partial charge in [0.05, 0.1) is 19.8 Å². The molecular formula is C21H18O3. The van der Waals surface area contributed by atoms with Crippen molar-refractivity contribution in [3.8, 4) is 28.0 Å². The van der Waals surface area contributed by atoms with Crippen LogP contribution in [0.5, 0.6) is 5.75 Å². The summed E-state index contributed by atoms with van der Waals surface area (Å²) in [6, 6.07) is 23.5. The van der Waals surface area contributed by atoms with E-state index in [1.54, 1.807) is 13.2 Å². The Morgan fingerprint density at radius 1 is 0.750 bits per heavy atom. The lowest BCUT2D eigenvalue weighted by atomic mass is 9.93. The van der Waals surface area contributed by atoms with Gasteiger partial charge in [-0.05, 0) is 46.5 Å². The Kier molecular flexibility index (Phi) is 4.62. The molecule has 0 atom stereocenters. The molecule has 3 heteroatoms. The van der Waals surface area contributed by atoms with E-state index in [0.29, 0.717) is 5.56 Å². The number of carbonyl (C=O) groups is 1. The summed E-state index contributed by atoms with van der Waals surface area (Å²) in [6.45, 7) is 0. The van der Waals surface area contributed by atoms with E-state index in [1.807, 2.05) is 66.7 Å². The molecule has 3 rings (SSSR count). The predicted molar refractivity (Wildman–Crippen MR) is 95.2 cm³/mol. The van der Waals surface area contributed by atoms with Crippen molar-refractivity contribution in [1.29, 1.82) is 0 Å². The molecule has 0 saturated carbocycles. The number of benzene rings is 3. The van der Waals surface area contributed by atoms with Gasteiger partial charge in [0.2, 0.25) is 0 Å². The van der Waals surface area contributed by atoms with E-state index in [4.69, 9.17) is 9.47 Å². The van der Waals surface area contributed by atoms with Crippen molar-refractivity contribution in [1.82, 2.24) is 0 Å². The highest BCUT2D eigenvalue weighted by Crippen LogP contribution is 2.34. The Hall–Kier alpha value is -3.07. The maximum atomic E-state index is 11.9. The van der Waals surface area contributed by atoms with Gasteiger partial charge < -0.3 is 9.47 Å². The second kappa shape index (κ2) is 7.01. The molecule has 0 unspecified atom stereocenters. The van der Waals surface area contributed by atoms with Crippen molar-refractivity contribution in [3.05, 3.63) is 78.4 Å². The lowest BCUT2D eigenvalue weighted by Gasteiger charge is -2.12. The third-order valence-electron chi connectivity index (χ3n) is 3.93. The molecule has 0 fully saturated rings. The average molecular weight is 318 g/mol. The molecule has 0 aliphatic rings. The summed E-state index contributed by atoms with van der Waals surface area (Å²) in [5, 5.41) is 0. The van der Waals surface area contributed by atoms with Crippen LogP contribution in [0.4, 0.5) is 0 Å². The van der Waals surface area contributed by atoms with E-state index in [0.717, 1.165) is 28.0 Å². The Labute approximate surface area is 141 Å². The van der Waals surface area contributed by atoms with Crippen LogP contribution in [0.3, 0.4) is 0 Å². The first-order chi connectivity index (χ1) is 11.7. The molecule has 0 spiro atoms. The van der Waals surface area contributed by atoms with Crippen molar-refractivity contribution in [2.24, 2.45) is 0 Å². The van der Waals surface area contributed by atoms with Crippen LogP contribution in [0, 0.1) is 0 Å². The number of carbonyl (C=O) groups excluding carboxylic acids is 1. The van der Waals surface area contributed by atoms with Gasteiger partial charge in [0.15, 0.2) is 0 Å². The lowest BCUT2D eigenvalue weighted by molar-refractivity contribution is 0.0601. The van der Waals surface area contributed by atoms with Gasteiger partial charge in [-0.25, -0.2) is 4.79 Å². The first-order valence-corrected chi connectivity index (χ1v) is 7.65. The SMILES string of the molecule is COC(=O)c1ccc(-c2ccc(OC)cc2)c(-c2ccccc2)c1. The number of hydrogen-bond acceptors (Lipinski definition) is 3. The van der Waals surface area contributed by atoms with Gasteiger partial charge in [0.25, 0.3) is 0 Å². The number of rotatable bonds is 4. The smallest absolute Gasteiger partial charge is 0.337 e. The summed E-state index contributed by atoms with van der Waals surface area (Å²) in [5.41, 5.74) is 4.69. The van der Waals surface area contributed by atoms with Gasteiger partial charge >= 0.3 is 5.97 Å². The van der Waals surface area contributed by atoms with E-state index in [-0.39, 0.29) is 5.97 Å². The molecule has 0 saturated heterocycles. The van der Waals surface area contributed by atoms with Crippen LogP contribution in [0.1, 0.15) is 10.4 Å². The quantitative estimate of drug-likeness (QED) is 0.647. The molecular weight excluding hydrogens is 300 g/mol. The number of esters is 1. The summed E-state index contributed by atoms with van der Waals surface area (Å²) in [7, 11) is 3.04. The zero-order chi connectivity index (χ0) is 16.9. The van der Waals surface area contributed by atoms with Crippen LogP contribution in [0.25, 0.3) is 22.3 Å². The zero-order valence-corrected chi connectivity index (χ0v) is 13.7. The van der Waals surface area contributed by atoms with Gasteiger partial charge in [-0.2, -0.15) is 0 Å². The number of methoxy groups -OCH3 is 2. The van der Waals surface area contributed by atoms with E-state index in [9.17, 15) is 4.79 Å². The predicted octanol–water partition coefficient (Wildman–Crippen LogP) is 4.82. The minimum atomic E-state index is -0.339. The van der Waals surface area contributed by atoms with Crippen LogP contribution in [-0.2, 0) is 4.74 Å². The Balaban J connectivity index is 2.15. The molecule has 0 aliphatic carbocycles. The van der Waals surface area contributed by atoms with Crippen LogP contribution in [0.2, 0.25) is 0 Å². The van der Waals surface area contributed by atoms with Crippen molar-refractivity contribution < 1.29 is 14.3 Å².